The molecule has 0 radical (unpaired) electrons. The molecule has 114 valence electrons. The van der Waals surface area contributed by atoms with E-state index in [0.717, 1.165) is 29.4 Å². The van der Waals surface area contributed by atoms with Gasteiger partial charge in [0.05, 0.1) is 6.61 Å². The highest BCUT2D eigenvalue weighted by Gasteiger charge is 2.16. The van der Waals surface area contributed by atoms with Gasteiger partial charge in [-0.3, -0.25) is 4.79 Å². The fourth-order valence-electron chi connectivity index (χ4n) is 2.56. The van der Waals surface area contributed by atoms with Crippen LogP contribution in [0.15, 0.2) is 18.2 Å². The molecule has 0 unspecified atom stereocenters. The van der Waals surface area contributed by atoms with Crippen molar-refractivity contribution in [2.24, 2.45) is 0 Å². The number of nitrogens with one attached hydrogen (secondary N) is 1. The molecule has 0 atom stereocenters. The van der Waals surface area contributed by atoms with Crippen LogP contribution >= 0.6 is 0 Å². The van der Waals surface area contributed by atoms with E-state index in [1.165, 1.54) is 5.56 Å². The monoisotopic (exact) mass is 288 g/mol. The zero-order valence-corrected chi connectivity index (χ0v) is 13.1. The normalized spacial score (nSPS) is 11.0. The van der Waals surface area contributed by atoms with Gasteiger partial charge in [0.15, 0.2) is 0 Å². The molecule has 0 aliphatic carbocycles. The Kier molecular flexibility index (Phi) is 5.02. The van der Waals surface area contributed by atoms with Crippen LogP contribution in [0.3, 0.4) is 0 Å². The number of unbranched alkanes of at least 4 members (excludes halogenated alkanes) is 1. The van der Waals surface area contributed by atoms with Gasteiger partial charge in [-0.15, -0.1) is 0 Å². The number of aliphatic hydroxyl groups is 1. The van der Waals surface area contributed by atoms with Crippen molar-refractivity contribution in [2.75, 3.05) is 19.7 Å². The summed E-state index contributed by atoms with van der Waals surface area (Å²) >= 11 is 0. The van der Waals surface area contributed by atoms with Gasteiger partial charge in [-0.1, -0.05) is 13.3 Å². The first-order valence-electron chi connectivity index (χ1n) is 7.57. The molecule has 4 heteroatoms. The van der Waals surface area contributed by atoms with Gasteiger partial charge in [0.1, 0.15) is 0 Å². The highest BCUT2D eigenvalue weighted by molar-refractivity contribution is 5.99. The standard InChI is InChI=1S/C17H24N2O2/c1-4-5-8-19(9-10-20)17(21)14-6-7-16-15(11-14)12(2)13(3)18-16/h6-7,11,18,20H,4-5,8-10H2,1-3H3. The molecule has 4 nitrogen and oxygen atoms in total. The lowest BCUT2D eigenvalue weighted by Gasteiger charge is -2.21. The lowest BCUT2D eigenvalue weighted by atomic mass is 10.1. The van der Waals surface area contributed by atoms with Crippen LogP contribution in [0.5, 0.6) is 0 Å². The van der Waals surface area contributed by atoms with Gasteiger partial charge in [0.25, 0.3) is 5.91 Å². The summed E-state index contributed by atoms with van der Waals surface area (Å²) in [5.41, 5.74) is 4.06. The number of aromatic nitrogens is 1. The average molecular weight is 288 g/mol. The summed E-state index contributed by atoms with van der Waals surface area (Å²) in [6.45, 7) is 7.28. The number of benzene rings is 1. The Morgan fingerprint density at radius 3 is 2.71 bits per heavy atom. The summed E-state index contributed by atoms with van der Waals surface area (Å²) in [6.07, 6.45) is 1.99. The Hall–Kier alpha value is -1.81. The molecule has 2 rings (SSSR count). The molecule has 0 bridgehead atoms. The van der Waals surface area contributed by atoms with E-state index < -0.39 is 0 Å². The third-order valence-electron chi connectivity index (χ3n) is 3.99. The summed E-state index contributed by atoms with van der Waals surface area (Å²) < 4.78 is 0. The van der Waals surface area contributed by atoms with Crippen LogP contribution in [0, 0.1) is 13.8 Å². The highest BCUT2D eigenvalue weighted by atomic mass is 16.3. The Labute approximate surface area is 125 Å². The first-order valence-corrected chi connectivity index (χ1v) is 7.57. The summed E-state index contributed by atoms with van der Waals surface area (Å²) in [4.78, 5) is 17.7. The number of nitrogens with zero attached hydrogens (tertiary/aromatic N) is 1. The van der Waals surface area contributed by atoms with E-state index in [1.807, 2.05) is 25.1 Å². The van der Waals surface area contributed by atoms with E-state index in [-0.39, 0.29) is 12.5 Å². The molecule has 1 amide bonds. The number of aryl methyl sites for hydroxylation is 2. The maximum atomic E-state index is 12.6. The molecule has 0 aliphatic rings. The van der Waals surface area contributed by atoms with Gasteiger partial charge in [-0.05, 0) is 44.0 Å². The van der Waals surface area contributed by atoms with E-state index in [9.17, 15) is 4.79 Å². The average Bonchev–Trinajstić information content (AvgIpc) is 2.77. The zero-order valence-electron chi connectivity index (χ0n) is 13.1. The summed E-state index contributed by atoms with van der Waals surface area (Å²) in [5, 5.41) is 10.2. The number of carbonyl (C=O) groups excluding carboxylic acids is 1. The van der Waals surface area contributed by atoms with Crippen LogP contribution in [-0.4, -0.2) is 40.6 Å². The van der Waals surface area contributed by atoms with Crippen molar-refractivity contribution in [1.82, 2.24) is 9.88 Å². The van der Waals surface area contributed by atoms with Crippen molar-refractivity contribution in [1.29, 1.82) is 0 Å². The number of amides is 1. The second-order valence-corrected chi connectivity index (χ2v) is 5.50. The summed E-state index contributed by atoms with van der Waals surface area (Å²) in [5.74, 6) is -0.00217. The Morgan fingerprint density at radius 2 is 2.05 bits per heavy atom. The predicted octanol–water partition coefficient (Wildman–Crippen LogP) is 3.02. The van der Waals surface area contributed by atoms with E-state index in [0.29, 0.717) is 18.7 Å². The minimum absolute atomic E-state index is 0.0000107. The minimum Gasteiger partial charge on any atom is -0.395 e. The van der Waals surface area contributed by atoms with E-state index in [2.05, 4.69) is 18.8 Å². The van der Waals surface area contributed by atoms with Crippen molar-refractivity contribution < 1.29 is 9.90 Å². The lowest BCUT2D eigenvalue weighted by Crippen LogP contribution is -2.34. The van der Waals surface area contributed by atoms with Gasteiger partial charge in [0, 0.05) is 35.2 Å². The molecule has 1 heterocycles. The first-order chi connectivity index (χ1) is 10.1. The number of H-pyrrole nitrogens is 1. The third-order valence-corrected chi connectivity index (χ3v) is 3.99. The highest BCUT2D eigenvalue weighted by Crippen LogP contribution is 2.23. The van der Waals surface area contributed by atoms with Crippen LogP contribution in [0.1, 0.15) is 41.4 Å². The molecule has 0 fully saturated rings. The van der Waals surface area contributed by atoms with Crippen LogP contribution in [0.4, 0.5) is 0 Å². The van der Waals surface area contributed by atoms with Crippen molar-refractivity contribution in [3.63, 3.8) is 0 Å². The van der Waals surface area contributed by atoms with Gasteiger partial charge in [0.2, 0.25) is 0 Å². The van der Waals surface area contributed by atoms with Crippen LogP contribution < -0.4 is 0 Å². The fraction of sp³-hybridized carbons (Fsp3) is 0.471. The third kappa shape index (κ3) is 3.27. The number of carbonyl (C=O) groups is 1. The summed E-state index contributed by atoms with van der Waals surface area (Å²) in [6, 6.07) is 5.77. The molecule has 0 spiro atoms. The molecule has 0 saturated heterocycles. The van der Waals surface area contributed by atoms with Crippen molar-refractivity contribution in [3.8, 4) is 0 Å². The molecule has 2 aromatic rings. The maximum absolute atomic E-state index is 12.6. The molecular formula is C17H24N2O2. The Morgan fingerprint density at radius 1 is 1.29 bits per heavy atom. The smallest absolute Gasteiger partial charge is 0.253 e. The van der Waals surface area contributed by atoms with E-state index >= 15 is 0 Å². The maximum Gasteiger partial charge on any atom is 0.253 e. The number of hydrogen-bond acceptors (Lipinski definition) is 2. The second kappa shape index (κ2) is 6.76. The quantitative estimate of drug-likeness (QED) is 0.858. The van der Waals surface area contributed by atoms with Crippen LogP contribution in [0.2, 0.25) is 0 Å². The number of hydrogen-bond donors (Lipinski definition) is 2. The second-order valence-electron chi connectivity index (χ2n) is 5.50. The molecule has 2 N–H and O–H groups in total. The molecule has 0 aliphatic heterocycles. The summed E-state index contributed by atoms with van der Waals surface area (Å²) in [7, 11) is 0. The lowest BCUT2D eigenvalue weighted by molar-refractivity contribution is 0.0719. The van der Waals surface area contributed by atoms with Crippen molar-refractivity contribution >= 4 is 16.8 Å². The largest absolute Gasteiger partial charge is 0.395 e. The van der Waals surface area contributed by atoms with E-state index in [4.69, 9.17) is 5.11 Å². The zero-order chi connectivity index (χ0) is 15.4. The van der Waals surface area contributed by atoms with Crippen molar-refractivity contribution in [2.45, 2.75) is 33.6 Å². The van der Waals surface area contributed by atoms with Crippen LogP contribution in [-0.2, 0) is 0 Å². The minimum atomic E-state index is -0.00217. The predicted molar refractivity (Wildman–Crippen MR) is 85.7 cm³/mol. The Bertz CT molecular complexity index is 631. The number of rotatable bonds is 6. The van der Waals surface area contributed by atoms with Gasteiger partial charge >= 0.3 is 0 Å². The Balaban J connectivity index is 2.30. The van der Waals surface area contributed by atoms with E-state index in [1.54, 1.807) is 4.90 Å². The van der Waals surface area contributed by atoms with Gasteiger partial charge < -0.3 is 15.0 Å². The fourth-order valence-corrected chi connectivity index (χ4v) is 2.56. The molecule has 1 aromatic heterocycles. The van der Waals surface area contributed by atoms with Crippen molar-refractivity contribution in [3.05, 3.63) is 35.0 Å². The number of fused-ring (bicyclic) bond motifs is 1. The van der Waals surface area contributed by atoms with Crippen LogP contribution in [0.25, 0.3) is 10.9 Å². The topological polar surface area (TPSA) is 56.3 Å². The molecular weight excluding hydrogens is 264 g/mol. The number of aromatic amines is 1. The molecule has 1 aromatic carbocycles. The SMILES string of the molecule is CCCCN(CCO)C(=O)c1ccc2[nH]c(C)c(C)c2c1. The van der Waals surface area contributed by atoms with Gasteiger partial charge in [-0.2, -0.15) is 0 Å². The first kappa shape index (κ1) is 15.6. The van der Waals surface area contributed by atoms with Gasteiger partial charge in [-0.25, -0.2) is 0 Å². The molecule has 0 saturated carbocycles. The molecule has 21 heavy (non-hydrogen) atoms. The number of aliphatic hydroxyl groups excluding tert-OH is 1.